The zero-order valence-electron chi connectivity index (χ0n) is 24.0. The normalized spacial score (nSPS) is 14.3. The number of carbonyl (C=O) groups is 2. The second kappa shape index (κ2) is 14.9. The van der Waals surface area contributed by atoms with Crippen LogP contribution in [-0.2, 0) is 14.3 Å². The van der Waals surface area contributed by atoms with Crippen LogP contribution in [0.1, 0.15) is 64.7 Å². The number of methoxy groups -OCH3 is 1. The van der Waals surface area contributed by atoms with Crippen molar-refractivity contribution in [1.29, 1.82) is 0 Å². The molecule has 0 saturated carbocycles. The number of hydrogen-bond donors (Lipinski definition) is 0. The van der Waals surface area contributed by atoms with Crippen LogP contribution in [-0.4, -0.2) is 24.8 Å². The van der Waals surface area contributed by atoms with Crippen LogP contribution in [0.3, 0.4) is 0 Å². The fourth-order valence-electron chi connectivity index (χ4n) is 6.07. The van der Waals surface area contributed by atoms with Crippen molar-refractivity contribution < 1.29 is 14.3 Å². The number of Topliss-reactive ketones (excluding diaryl/α,β-unsaturated/α-hetero) is 1. The van der Waals surface area contributed by atoms with Gasteiger partial charge in [-0.3, -0.25) is 9.59 Å². The first-order chi connectivity index (χ1) is 19.6. The van der Waals surface area contributed by atoms with E-state index < -0.39 is 7.26 Å². The first-order valence-corrected chi connectivity index (χ1v) is 17.0. The minimum Gasteiger partial charge on any atom is -0.285 e. The molecule has 0 aliphatic heterocycles. The Morgan fingerprint density at radius 1 is 0.600 bits per heavy atom. The summed E-state index contributed by atoms with van der Waals surface area (Å²) in [7, 11) is -0.672. The Balaban J connectivity index is 1.27. The smallest absolute Gasteiger partial charge is 0.285 e. The summed E-state index contributed by atoms with van der Waals surface area (Å²) >= 11 is 0. The van der Waals surface area contributed by atoms with E-state index in [1.165, 1.54) is 67.4 Å². The maximum atomic E-state index is 12.5. The second-order valence-corrected chi connectivity index (χ2v) is 14.9. The second-order valence-electron chi connectivity index (χ2n) is 10.8. The Morgan fingerprint density at radius 2 is 1.02 bits per heavy atom. The molecule has 1 aliphatic rings. The quantitative estimate of drug-likeness (QED) is 0.113. The summed E-state index contributed by atoms with van der Waals surface area (Å²) in [5.74, 6) is -0.0597. The molecule has 0 amide bonds. The molecule has 0 heterocycles. The summed E-state index contributed by atoms with van der Waals surface area (Å²) in [6, 6.07) is 33.6. The molecule has 0 bridgehead atoms. The zero-order chi connectivity index (χ0) is 28.2. The van der Waals surface area contributed by atoms with Crippen LogP contribution >= 0.6 is 7.26 Å². The van der Waals surface area contributed by atoms with E-state index in [4.69, 9.17) is 4.74 Å². The predicted octanol–water partition coefficient (Wildman–Crippen LogP) is 7.22. The zero-order valence-corrected chi connectivity index (χ0v) is 25.0. The van der Waals surface area contributed by atoms with Gasteiger partial charge in [-0.25, -0.2) is 0 Å². The van der Waals surface area contributed by atoms with Crippen LogP contribution in [0.2, 0.25) is 0 Å². The van der Waals surface area contributed by atoms with E-state index in [1.807, 2.05) is 0 Å². The minimum absolute atomic E-state index is 0.106. The molecule has 0 saturated heterocycles. The molecule has 0 fully saturated rings. The van der Waals surface area contributed by atoms with E-state index >= 15 is 0 Å². The van der Waals surface area contributed by atoms with Gasteiger partial charge in [0.15, 0.2) is 11.5 Å². The van der Waals surface area contributed by atoms with Crippen molar-refractivity contribution in [2.75, 3.05) is 13.3 Å². The van der Waals surface area contributed by atoms with Gasteiger partial charge >= 0.3 is 195 Å². The summed E-state index contributed by atoms with van der Waals surface area (Å²) in [5.41, 5.74) is 1.21. The number of benzene rings is 3. The molecule has 3 aromatic rings. The number of unbranched alkanes of at least 4 members (excludes halogenated alkanes) is 7. The van der Waals surface area contributed by atoms with Gasteiger partial charge in [-0.15, -0.1) is 0 Å². The third-order valence-electron chi connectivity index (χ3n) is 8.33. The third kappa shape index (κ3) is 7.07. The van der Waals surface area contributed by atoms with E-state index in [2.05, 4.69) is 91.0 Å². The molecule has 3 aromatic carbocycles. The molecule has 40 heavy (non-hydrogen) atoms. The van der Waals surface area contributed by atoms with Gasteiger partial charge in [0.25, 0.3) is 0 Å². The molecule has 210 valence electrons. The summed E-state index contributed by atoms with van der Waals surface area (Å²) in [4.78, 5) is 24.6. The molecule has 0 N–H and O–H groups in total. The van der Waals surface area contributed by atoms with Crippen molar-refractivity contribution in [3.8, 4) is 0 Å². The van der Waals surface area contributed by atoms with Gasteiger partial charge in [0, 0.05) is 6.08 Å². The van der Waals surface area contributed by atoms with Gasteiger partial charge in [0.2, 0.25) is 0 Å². The number of ether oxygens (including phenoxy) is 1. The minimum atomic E-state index is -2.12. The van der Waals surface area contributed by atoms with Gasteiger partial charge in [0.1, 0.15) is 0 Å². The molecule has 4 rings (SSSR count). The molecular formula is C36H43O3P. The van der Waals surface area contributed by atoms with Crippen LogP contribution in [0.5, 0.6) is 0 Å². The Kier molecular flexibility index (Phi) is 11.1. The van der Waals surface area contributed by atoms with E-state index in [0.717, 1.165) is 19.3 Å². The van der Waals surface area contributed by atoms with Gasteiger partial charge in [0.05, 0.1) is 7.11 Å². The Bertz CT molecular complexity index is 1210. The number of hydrogen-bond acceptors (Lipinski definition) is 3. The van der Waals surface area contributed by atoms with E-state index in [1.54, 1.807) is 6.92 Å². The van der Waals surface area contributed by atoms with Gasteiger partial charge in [-0.1, -0.05) is 0 Å². The SMILES string of the molecule is COC1=CC(=O)C(C)=C(CCCCCCCCCC[PH](c2ccccc2)(c2ccccc2)c2ccccc2)C1=O. The van der Waals surface area contributed by atoms with E-state index in [-0.39, 0.29) is 17.3 Å². The molecule has 4 heteroatoms. The predicted molar refractivity (Wildman–Crippen MR) is 171 cm³/mol. The van der Waals surface area contributed by atoms with Gasteiger partial charge in [-0.05, 0) is 6.92 Å². The van der Waals surface area contributed by atoms with Crippen LogP contribution in [0.25, 0.3) is 0 Å². The average molecular weight is 555 g/mol. The molecule has 0 unspecified atom stereocenters. The van der Waals surface area contributed by atoms with Crippen molar-refractivity contribution >= 4 is 34.7 Å². The monoisotopic (exact) mass is 554 g/mol. The number of rotatable bonds is 15. The Hall–Kier alpha value is -3.29. The van der Waals surface area contributed by atoms with E-state index in [9.17, 15) is 9.59 Å². The van der Waals surface area contributed by atoms with Crippen LogP contribution < -0.4 is 15.9 Å². The topological polar surface area (TPSA) is 43.4 Å². The molecule has 0 atom stereocenters. The first-order valence-electron chi connectivity index (χ1n) is 14.8. The Labute approximate surface area is 240 Å². The van der Waals surface area contributed by atoms with Crippen LogP contribution in [0.15, 0.2) is 114 Å². The van der Waals surface area contributed by atoms with Crippen molar-refractivity contribution in [2.24, 2.45) is 0 Å². The molecule has 0 radical (unpaired) electrons. The van der Waals surface area contributed by atoms with Crippen molar-refractivity contribution in [3.63, 3.8) is 0 Å². The van der Waals surface area contributed by atoms with Crippen molar-refractivity contribution in [1.82, 2.24) is 0 Å². The van der Waals surface area contributed by atoms with Gasteiger partial charge in [-0.2, -0.15) is 0 Å². The molecule has 1 aliphatic carbocycles. The Morgan fingerprint density at radius 3 is 1.48 bits per heavy atom. The summed E-state index contributed by atoms with van der Waals surface area (Å²) in [6.45, 7) is 1.75. The molecule has 0 aromatic heterocycles. The number of carbonyl (C=O) groups excluding carboxylic acids is 2. The summed E-state index contributed by atoms with van der Waals surface area (Å²) < 4.78 is 5.10. The van der Waals surface area contributed by atoms with Crippen LogP contribution in [0, 0.1) is 0 Å². The average Bonchev–Trinajstić information content (AvgIpc) is 3.00. The van der Waals surface area contributed by atoms with E-state index in [0.29, 0.717) is 17.6 Å². The van der Waals surface area contributed by atoms with Crippen molar-refractivity contribution in [3.05, 3.63) is 114 Å². The molecule has 0 spiro atoms. The number of allylic oxidation sites excluding steroid dienone is 3. The molecular weight excluding hydrogens is 511 g/mol. The third-order valence-corrected chi connectivity index (χ3v) is 13.4. The van der Waals surface area contributed by atoms with Crippen molar-refractivity contribution in [2.45, 2.75) is 64.7 Å². The number of ketones is 2. The van der Waals surface area contributed by atoms with Gasteiger partial charge < -0.3 is 4.74 Å². The maximum absolute atomic E-state index is 12.5. The first kappa shape index (κ1) is 29.7. The molecule has 3 nitrogen and oxygen atoms in total. The van der Waals surface area contributed by atoms with Crippen LogP contribution in [0.4, 0.5) is 0 Å². The fourth-order valence-corrected chi connectivity index (χ4v) is 11.0. The standard InChI is InChI=1S/C36H43O3P/c1-29-33(36(38)35(39-2)28-34(29)37)26-18-7-5-3-4-6-8-19-27-40(30-20-12-9-13-21-30,31-22-14-10-15-23-31)32-24-16-11-17-25-32/h9-17,20-25,28,40H,3-8,18-19,26-27H2,1-2H3. The summed E-state index contributed by atoms with van der Waals surface area (Å²) in [5, 5.41) is 4.47. The fraction of sp³-hybridized carbons (Fsp3) is 0.333. The summed E-state index contributed by atoms with van der Waals surface area (Å²) in [6.07, 6.45) is 12.5.